The van der Waals surface area contributed by atoms with Crippen LogP contribution in [0.5, 0.6) is 11.5 Å². The van der Waals surface area contributed by atoms with Crippen molar-refractivity contribution >= 4 is 48.6 Å². The highest BCUT2D eigenvalue weighted by atomic mass is 32.1. The number of rotatable bonds is 21. The molecule has 0 spiro atoms. The maximum absolute atomic E-state index is 6.22. The molecule has 0 aliphatic rings. The fourth-order valence-corrected chi connectivity index (χ4v) is 8.76. The van der Waals surface area contributed by atoms with Crippen LogP contribution < -0.4 is 14.4 Å². The maximum Gasteiger partial charge on any atom is 0.122 e. The zero-order valence-corrected chi connectivity index (χ0v) is 37.9. The fourth-order valence-electron chi connectivity index (χ4n) is 7.49. The molecule has 0 aliphatic carbocycles. The summed E-state index contributed by atoms with van der Waals surface area (Å²) >= 11 is 1.88. The topological polar surface area (TPSA) is 21.7 Å². The smallest absolute Gasteiger partial charge is 0.122 e. The van der Waals surface area contributed by atoms with Gasteiger partial charge in [0.1, 0.15) is 11.5 Å². The maximum atomic E-state index is 6.22. The van der Waals surface area contributed by atoms with Gasteiger partial charge in [0.2, 0.25) is 0 Å². The van der Waals surface area contributed by atoms with E-state index in [1.54, 1.807) is 0 Å². The van der Waals surface area contributed by atoms with Crippen LogP contribution in [-0.2, 0) is 0 Å². The number of thiophene rings is 1. The molecule has 5 aromatic carbocycles. The molecule has 58 heavy (non-hydrogen) atoms. The summed E-state index contributed by atoms with van der Waals surface area (Å²) in [5.41, 5.74) is 9.99. The van der Waals surface area contributed by atoms with Crippen LogP contribution in [0.15, 0.2) is 97.1 Å². The molecule has 1 atom stereocenters. The summed E-state index contributed by atoms with van der Waals surface area (Å²) < 4.78 is 15.1. The lowest BCUT2D eigenvalue weighted by Gasteiger charge is -2.26. The van der Waals surface area contributed by atoms with Crippen molar-refractivity contribution in [2.75, 3.05) is 18.1 Å². The Hall–Kier alpha value is -4.28. The summed E-state index contributed by atoms with van der Waals surface area (Å²) in [6.45, 7) is 19.3. The first-order valence-electron chi connectivity index (χ1n) is 22.5. The number of fused-ring (bicyclic) bond motifs is 3. The predicted octanol–water partition coefficient (Wildman–Crippen LogP) is 17.4. The number of benzene rings is 5. The van der Waals surface area contributed by atoms with Gasteiger partial charge in [0.15, 0.2) is 0 Å². The van der Waals surface area contributed by atoms with Crippen LogP contribution in [0.4, 0.5) is 17.1 Å². The summed E-state index contributed by atoms with van der Waals surface area (Å²) in [4.78, 5) is 2.32. The lowest BCUT2D eigenvalue weighted by molar-refractivity contribution is 0.302. The van der Waals surface area contributed by atoms with E-state index in [1.165, 1.54) is 136 Å². The Labute approximate surface area is 355 Å². The monoisotopic (exact) mass is 798 g/mol. The van der Waals surface area contributed by atoms with Gasteiger partial charge in [0.05, 0.1) is 13.2 Å². The molecule has 0 bridgehead atoms. The Morgan fingerprint density at radius 3 is 1.26 bits per heavy atom. The van der Waals surface area contributed by atoms with E-state index in [4.69, 9.17) is 9.47 Å². The molecule has 0 N–H and O–H groups in total. The molecule has 1 aromatic heterocycles. The number of nitrogens with zero attached hydrogens (tertiary/aromatic N) is 1. The summed E-state index contributed by atoms with van der Waals surface area (Å²) in [5, 5.41) is 2.59. The normalized spacial score (nSPS) is 11.7. The average molecular weight is 798 g/mol. The highest BCUT2D eigenvalue weighted by Gasteiger charge is 2.14. The van der Waals surface area contributed by atoms with E-state index in [0.29, 0.717) is 5.92 Å². The highest BCUT2D eigenvalue weighted by Crippen LogP contribution is 2.41. The van der Waals surface area contributed by atoms with E-state index in [9.17, 15) is 0 Å². The van der Waals surface area contributed by atoms with Crippen molar-refractivity contribution in [3.63, 3.8) is 0 Å². The third-order valence-corrected chi connectivity index (χ3v) is 12.6. The number of anilines is 3. The van der Waals surface area contributed by atoms with Crippen LogP contribution >= 0.6 is 11.3 Å². The number of ether oxygens (including phenoxy) is 2. The molecule has 0 fully saturated rings. The second-order valence-electron chi connectivity index (χ2n) is 16.5. The van der Waals surface area contributed by atoms with Gasteiger partial charge in [-0.1, -0.05) is 139 Å². The lowest BCUT2D eigenvalue weighted by Crippen LogP contribution is -2.10. The molecule has 0 aliphatic heterocycles. The van der Waals surface area contributed by atoms with Crippen molar-refractivity contribution in [1.82, 2.24) is 0 Å². The SMILES string of the molecule is CCC(C)c1ccc(N(c2ccc(C)cc2)c2ccc(C)cc2)cc1.CCCCCCCCOc1cc2c(cc1C)sc1cc(C)c(OCCCCCCCC)cc12. The van der Waals surface area contributed by atoms with Crippen LogP contribution in [0.25, 0.3) is 20.2 Å². The molecule has 310 valence electrons. The lowest BCUT2D eigenvalue weighted by atomic mass is 9.98. The van der Waals surface area contributed by atoms with Gasteiger partial charge >= 0.3 is 0 Å². The molecule has 0 saturated heterocycles. The van der Waals surface area contributed by atoms with Crippen molar-refractivity contribution in [2.45, 2.75) is 145 Å². The Morgan fingerprint density at radius 2 is 0.862 bits per heavy atom. The van der Waals surface area contributed by atoms with E-state index >= 15 is 0 Å². The molecule has 6 aromatic rings. The second kappa shape index (κ2) is 23.3. The Balaban J connectivity index is 0.000000229. The van der Waals surface area contributed by atoms with E-state index in [1.807, 2.05) is 11.3 Å². The van der Waals surface area contributed by atoms with Gasteiger partial charge < -0.3 is 14.4 Å². The molecule has 0 radical (unpaired) electrons. The summed E-state index contributed by atoms with van der Waals surface area (Å²) in [7, 11) is 0. The molecule has 0 amide bonds. The van der Waals surface area contributed by atoms with Crippen molar-refractivity contribution in [3.05, 3.63) is 125 Å². The van der Waals surface area contributed by atoms with E-state index < -0.39 is 0 Å². The third-order valence-electron chi connectivity index (χ3n) is 11.5. The van der Waals surface area contributed by atoms with Crippen LogP contribution in [0.2, 0.25) is 0 Å². The van der Waals surface area contributed by atoms with Gasteiger partial charge in [-0.05, 0) is 130 Å². The minimum absolute atomic E-state index is 0.598. The van der Waals surface area contributed by atoms with E-state index in [-0.39, 0.29) is 0 Å². The minimum Gasteiger partial charge on any atom is -0.493 e. The number of hydrogen-bond donors (Lipinski definition) is 0. The molecule has 6 rings (SSSR count). The predicted molar refractivity (Wildman–Crippen MR) is 256 cm³/mol. The highest BCUT2D eigenvalue weighted by molar-refractivity contribution is 7.25. The Bertz CT molecular complexity index is 1970. The van der Waals surface area contributed by atoms with E-state index in [2.05, 4.69) is 157 Å². The summed E-state index contributed by atoms with van der Waals surface area (Å²) in [5.74, 6) is 2.66. The van der Waals surface area contributed by atoms with Crippen LogP contribution in [-0.4, -0.2) is 13.2 Å². The van der Waals surface area contributed by atoms with Crippen molar-refractivity contribution < 1.29 is 9.47 Å². The molecular weight excluding hydrogens is 727 g/mol. The van der Waals surface area contributed by atoms with Crippen molar-refractivity contribution in [3.8, 4) is 11.5 Å². The van der Waals surface area contributed by atoms with Crippen LogP contribution in [0.1, 0.15) is 145 Å². The van der Waals surface area contributed by atoms with Gasteiger partial charge in [-0.25, -0.2) is 0 Å². The third kappa shape index (κ3) is 12.9. The van der Waals surface area contributed by atoms with Crippen LogP contribution in [0, 0.1) is 27.7 Å². The first kappa shape index (κ1) is 44.8. The second-order valence-corrected chi connectivity index (χ2v) is 17.6. The number of unbranched alkanes of at least 4 members (excludes halogenated alkanes) is 10. The fraction of sp³-hybridized carbons (Fsp3) is 0.444. The van der Waals surface area contributed by atoms with Crippen molar-refractivity contribution in [1.29, 1.82) is 0 Å². The molecule has 1 unspecified atom stereocenters. The zero-order chi connectivity index (χ0) is 41.3. The van der Waals surface area contributed by atoms with Gasteiger partial charge in [0, 0.05) is 37.2 Å². The standard InChI is InChI=1S/C30H44O2S.C24H27N/c1-5-7-9-11-13-15-17-31-27-21-25-26-22-28(32-18-16-14-12-10-8-6-2)24(4)20-30(26)33-29(25)19-23(27)3;1-5-20(4)21-10-16-24(17-11-21)25(22-12-6-18(2)7-13-22)23-14-8-19(3)9-15-23/h19-22H,5-18H2,1-4H3;6-17,20H,5H2,1-4H3. The summed E-state index contributed by atoms with van der Waals surface area (Å²) in [6, 6.07) is 35.6. The van der Waals surface area contributed by atoms with Gasteiger partial charge in [-0.3, -0.25) is 0 Å². The summed E-state index contributed by atoms with van der Waals surface area (Å²) in [6.07, 6.45) is 16.6. The Kier molecular flexibility index (Phi) is 18.0. The molecule has 4 heteroatoms. The quantitative estimate of drug-likeness (QED) is 0.0677. The first-order valence-corrected chi connectivity index (χ1v) is 23.3. The van der Waals surface area contributed by atoms with Gasteiger partial charge in [-0.2, -0.15) is 0 Å². The average Bonchev–Trinajstić information content (AvgIpc) is 3.57. The number of hydrogen-bond acceptors (Lipinski definition) is 4. The minimum atomic E-state index is 0.598. The molecule has 1 heterocycles. The molecular formula is C54H71NO2S. The number of aryl methyl sites for hydroxylation is 4. The molecule has 3 nitrogen and oxygen atoms in total. The van der Waals surface area contributed by atoms with Gasteiger partial charge in [0.25, 0.3) is 0 Å². The van der Waals surface area contributed by atoms with Crippen molar-refractivity contribution in [2.24, 2.45) is 0 Å². The van der Waals surface area contributed by atoms with Gasteiger partial charge in [-0.15, -0.1) is 11.3 Å². The molecule has 0 saturated carbocycles. The van der Waals surface area contributed by atoms with Crippen LogP contribution in [0.3, 0.4) is 0 Å². The van der Waals surface area contributed by atoms with E-state index in [0.717, 1.165) is 37.6 Å². The largest absolute Gasteiger partial charge is 0.493 e. The Morgan fingerprint density at radius 1 is 0.483 bits per heavy atom. The zero-order valence-electron chi connectivity index (χ0n) is 37.1. The first-order chi connectivity index (χ1) is 28.2.